The summed E-state index contributed by atoms with van der Waals surface area (Å²) in [4.78, 5) is 11.1. The van der Waals surface area contributed by atoms with Crippen LogP contribution in [0.25, 0.3) is 10.9 Å². The zero-order valence-electron chi connectivity index (χ0n) is 9.73. The lowest BCUT2D eigenvalue weighted by Gasteiger charge is -2.24. The van der Waals surface area contributed by atoms with E-state index >= 15 is 0 Å². The van der Waals surface area contributed by atoms with Crippen molar-refractivity contribution in [3.05, 3.63) is 36.0 Å². The molecule has 2 heterocycles. The van der Waals surface area contributed by atoms with Gasteiger partial charge >= 0.3 is 0 Å². The Labute approximate surface area is 99.6 Å². The molecule has 1 aliphatic heterocycles. The van der Waals surface area contributed by atoms with Gasteiger partial charge in [-0.05, 0) is 17.5 Å². The summed E-state index contributed by atoms with van der Waals surface area (Å²) in [5.74, 6) is 0.0695. The monoisotopic (exact) mass is 229 g/mol. The molecule has 1 fully saturated rings. The van der Waals surface area contributed by atoms with Gasteiger partial charge in [-0.3, -0.25) is 10.1 Å². The molecule has 1 aliphatic rings. The van der Waals surface area contributed by atoms with Gasteiger partial charge in [-0.15, -0.1) is 0 Å². The highest BCUT2D eigenvalue weighted by atomic mass is 16.2. The van der Waals surface area contributed by atoms with Gasteiger partial charge in [-0.2, -0.15) is 0 Å². The van der Waals surface area contributed by atoms with Crippen LogP contribution in [0.15, 0.2) is 30.3 Å². The standard InChI is InChI=1S/C13H15N3O/c1-16-11-5-3-2-4-9(11)6-12(16)10-7-15-13(17)8-14-10/h2-6,10,14H,7-8H2,1H3,(H,15,17). The maximum absolute atomic E-state index is 11.1. The summed E-state index contributed by atoms with van der Waals surface area (Å²) in [6, 6.07) is 10.7. The second-order valence-corrected chi connectivity index (χ2v) is 4.42. The number of nitrogens with zero attached hydrogens (tertiary/aromatic N) is 1. The lowest BCUT2D eigenvalue weighted by atomic mass is 10.1. The zero-order valence-corrected chi connectivity index (χ0v) is 9.73. The molecule has 0 bridgehead atoms. The first-order valence-electron chi connectivity index (χ1n) is 5.80. The van der Waals surface area contributed by atoms with Gasteiger partial charge in [0.25, 0.3) is 0 Å². The van der Waals surface area contributed by atoms with Crippen LogP contribution in [0.5, 0.6) is 0 Å². The molecular formula is C13H15N3O. The molecular weight excluding hydrogens is 214 g/mol. The first-order chi connectivity index (χ1) is 8.25. The van der Waals surface area contributed by atoms with Crippen molar-refractivity contribution in [2.24, 2.45) is 7.05 Å². The number of para-hydroxylation sites is 1. The molecule has 4 heteroatoms. The van der Waals surface area contributed by atoms with Crippen LogP contribution in [0.2, 0.25) is 0 Å². The van der Waals surface area contributed by atoms with Crippen molar-refractivity contribution in [3.8, 4) is 0 Å². The van der Waals surface area contributed by atoms with E-state index in [1.54, 1.807) is 0 Å². The molecule has 2 aromatic rings. The van der Waals surface area contributed by atoms with Crippen molar-refractivity contribution < 1.29 is 4.79 Å². The summed E-state index contributed by atoms with van der Waals surface area (Å²) in [6.07, 6.45) is 0. The molecule has 3 rings (SSSR count). The summed E-state index contributed by atoms with van der Waals surface area (Å²) < 4.78 is 2.18. The summed E-state index contributed by atoms with van der Waals surface area (Å²) in [6.45, 7) is 1.05. The van der Waals surface area contributed by atoms with E-state index in [0.29, 0.717) is 13.1 Å². The van der Waals surface area contributed by atoms with Crippen LogP contribution in [0.1, 0.15) is 11.7 Å². The van der Waals surface area contributed by atoms with Gasteiger partial charge < -0.3 is 9.88 Å². The van der Waals surface area contributed by atoms with Crippen molar-refractivity contribution in [2.45, 2.75) is 6.04 Å². The minimum atomic E-state index is 0.0695. The largest absolute Gasteiger partial charge is 0.353 e. The molecule has 1 saturated heterocycles. The minimum Gasteiger partial charge on any atom is -0.353 e. The van der Waals surface area contributed by atoms with Crippen LogP contribution in [0.3, 0.4) is 0 Å². The van der Waals surface area contributed by atoms with Gasteiger partial charge in [0.2, 0.25) is 5.91 Å². The third-order valence-corrected chi connectivity index (χ3v) is 3.36. The molecule has 88 valence electrons. The number of carbonyl (C=O) groups excluding carboxylic acids is 1. The SMILES string of the molecule is Cn1c(C2CNC(=O)CN2)cc2ccccc21. The van der Waals surface area contributed by atoms with E-state index in [2.05, 4.69) is 40.4 Å². The van der Waals surface area contributed by atoms with Gasteiger partial charge in [-0.1, -0.05) is 18.2 Å². The maximum Gasteiger partial charge on any atom is 0.234 e. The van der Waals surface area contributed by atoms with Crippen molar-refractivity contribution in [3.63, 3.8) is 0 Å². The fraction of sp³-hybridized carbons (Fsp3) is 0.308. The number of rotatable bonds is 1. The normalized spacial score (nSPS) is 20.5. The van der Waals surface area contributed by atoms with E-state index in [0.717, 1.165) is 0 Å². The first-order valence-corrected chi connectivity index (χ1v) is 5.80. The number of fused-ring (bicyclic) bond motifs is 1. The highest BCUT2D eigenvalue weighted by molar-refractivity contribution is 5.82. The van der Waals surface area contributed by atoms with Crippen molar-refractivity contribution in [1.82, 2.24) is 15.2 Å². The molecule has 1 aromatic heterocycles. The number of aryl methyl sites for hydroxylation is 1. The fourth-order valence-electron chi connectivity index (χ4n) is 2.42. The van der Waals surface area contributed by atoms with Crippen LogP contribution in [0, 0.1) is 0 Å². The van der Waals surface area contributed by atoms with E-state index < -0.39 is 0 Å². The Morgan fingerprint density at radius 1 is 1.35 bits per heavy atom. The first kappa shape index (κ1) is 10.4. The topological polar surface area (TPSA) is 46.1 Å². The Hall–Kier alpha value is -1.81. The summed E-state index contributed by atoms with van der Waals surface area (Å²) in [7, 11) is 2.07. The highest BCUT2D eigenvalue weighted by Gasteiger charge is 2.21. The van der Waals surface area contributed by atoms with Gasteiger partial charge in [0, 0.05) is 24.8 Å². The number of aromatic nitrogens is 1. The van der Waals surface area contributed by atoms with Gasteiger partial charge in [0.1, 0.15) is 0 Å². The number of hydrogen-bond acceptors (Lipinski definition) is 2. The van der Waals surface area contributed by atoms with Crippen molar-refractivity contribution in [1.29, 1.82) is 0 Å². The maximum atomic E-state index is 11.1. The van der Waals surface area contributed by atoms with Crippen molar-refractivity contribution in [2.75, 3.05) is 13.1 Å². The predicted octanol–water partition coefficient (Wildman–Crippen LogP) is 0.939. The van der Waals surface area contributed by atoms with E-state index in [1.807, 2.05) is 12.1 Å². The van der Waals surface area contributed by atoms with Crippen LogP contribution >= 0.6 is 0 Å². The molecule has 1 atom stereocenters. The Morgan fingerprint density at radius 2 is 2.18 bits per heavy atom. The Balaban J connectivity index is 2.00. The Morgan fingerprint density at radius 3 is 2.88 bits per heavy atom. The fourth-order valence-corrected chi connectivity index (χ4v) is 2.42. The molecule has 1 amide bonds. The zero-order chi connectivity index (χ0) is 11.8. The minimum absolute atomic E-state index is 0.0695. The molecule has 0 spiro atoms. The number of amides is 1. The lowest BCUT2D eigenvalue weighted by molar-refractivity contribution is -0.121. The van der Waals surface area contributed by atoms with Gasteiger partial charge in [0.15, 0.2) is 0 Å². The summed E-state index contributed by atoms with van der Waals surface area (Å²) >= 11 is 0. The van der Waals surface area contributed by atoms with E-state index in [4.69, 9.17) is 0 Å². The smallest absolute Gasteiger partial charge is 0.234 e. The molecule has 0 saturated carbocycles. The Bertz CT molecular complexity index is 563. The number of carbonyl (C=O) groups is 1. The predicted molar refractivity (Wildman–Crippen MR) is 66.7 cm³/mol. The average molecular weight is 229 g/mol. The molecule has 0 radical (unpaired) electrons. The molecule has 0 aliphatic carbocycles. The highest BCUT2D eigenvalue weighted by Crippen LogP contribution is 2.23. The molecule has 4 nitrogen and oxygen atoms in total. The molecule has 2 N–H and O–H groups in total. The number of piperazine rings is 1. The van der Waals surface area contributed by atoms with E-state index in [9.17, 15) is 4.79 Å². The second-order valence-electron chi connectivity index (χ2n) is 4.42. The van der Waals surface area contributed by atoms with Gasteiger partial charge in [-0.25, -0.2) is 0 Å². The lowest BCUT2D eigenvalue weighted by Crippen LogP contribution is -2.47. The third kappa shape index (κ3) is 1.70. The van der Waals surface area contributed by atoms with Gasteiger partial charge in [0.05, 0.1) is 12.6 Å². The quantitative estimate of drug-likeness (QED) is 0.764. The van der Waals surface area contributed by atoms with E-state index in [1.165, 1.54) is 16.6 Å². The van der Waals surface area contributed by atoms with Crippen LogP contribution in [-0.2, 0) is 11.8 Å². The second kappa shape index (κ2) is 3.89. The molecule has 17 heavy (non-hydrogen) atoms. The molecule has 1 aromatic carbocycles. The summed E-state index contributed by atoms with van der Waals surface area (Å²) in [5, 5.41) is 7.38. The number of nitrogens with one attached hydrogen (secondary N) is 2. The average Bonchev–Trinajstić information content (AvgIpc) is 2.69. The van der Waals surface area contributed by atoms with E-state index in [-0.39, 0.29) is 11.9 Å². The molecule has 1 unspecified atom stereocenters. The number of hydrogen-bond donors (Lipinski definition) is 2. The number of benzene rings is 1. The summed E-state index contributed by atoms with van der Waals surface area (Å²) in [5.41, 5.74) is 2.44. The Kier molecular flexibility index (Phi) is 2.37. The van der Waals surface area contributed by atoms with Crippen molar-refractivity contribution >= 4 is 16.8 Å². The third-order valence-electron chi connectivity index (χ3n) is 3.36. The van der Waals surface area contributed by atoms with Crippen LogP contribution in [-0.4, -0.2) is 23.6 Å². The van der Waals surface area contributed by atoms with Crippen LogP contribution in [0.4, 0.5) is 0 Å². The van der Waals surface area contributed by atoms with Crippen LogP contribution < -0.4 is 10.6 Å².